The fourth-order valence-corrected chi connectivity index (χ4v) is 2.23. The maximum Gasteiger partial charge on any atom is 0.0314 e. The summed E-state index contributed by atoms with van der Waals surface area (Å²) >= 11 is 0. The minimum atomic E-state index is 0.857. The molecule has 0 amide bonds. The molecule has 0 aliphatic heterocycles. The largest absolute Gasteiger partial charge is 0.399 e. The molecule has 2 rings (SSSR count). The highest BCUT2D eigenvalue weighted by molar-refractivity contribution is 5.39. The Hall–Kier alpha value is -1.02. The van der Waals surface area contributed by atoms with E-state index in [1.807, 2.05) is 12.1 Å². The first-order chi connectivity index (χ1) is 7.75. The summed E-state index contributed by atoms with van der Waals surface area (Å²) < 4.78 is 0. The summed E-state index contributed by atoms with van der Waals surface area (Å²) in [5, 5.41) is 0. The second-order valence-corrected chi connectivity index (χ2v) is 4.91. The molecule has 0 spiro atoms. The van der Waals surface area contributed by atoms with Crippen LogP contribution >= 0.6 is 0 Å². The molecule has 88 valence electrons. The summed E-state index contributed by atoms with van der Waals surface area (Å²) in [6, 6.07) is 9.12. The SMILES string of the molecule is CN(CCCc1ccc(N)cc1)C1CCC1. The van der Waals surface area contributed by atoms with Crippen molar-refractivity contribution in [1.82, 2.24) is 4.90 Å². The predicted molar refractivity (Wildman–Crippen MR) is 69.4 cm³/mol. The van der Waals surface area contributed by atoms with Crippen molar-refractivity contribution in [2.45, 2.75) is 38.1 Å². The van der Waals surface area contributed by atoms with Gasteiger partial charge < -0.3 is 10.6 Å². The lowest BCUT2D eigenvalue weighted by atomic mass is 9.92. The number of hydrogen-bond acceptors (Lipinski definition) is 2. The Bertz CT molecular complexity index is 314. The number of hydrogen-bond donors (Lipinski definition) is 1. The quantitative estimate of drug-likeness (QED) is 0.770. The van der Waals surface area contributed by atoms with E-state index in [1.165, 1.54) is 37.8 Å². The molecule has 1 aliphatic carbocycles. The highest BCUT2D eigenvalue weighted by Crippen LogP contribution is 2.23. The zero-order chi connectivity index (χ0) is 11.4. The zero-order valence-electron chi connectivity index (χ0n) is 10.2. The van der Waals surface area contributed by atoms with E-state index < -0.39 is 0 Å². The van der Waals surface area contributed by atoms with E-state index in [4.69, 9.17) is 5.73 Å². The van der Waals surface area contributed by atoms with Crippen molar-refractivity contribution in [3.8, 4) is 0 Å². The number of nitrogens with two attached hydrogens (primary N) is 1. The molecule has 2 N–H and O–H groups in total. The third kappa shape index (κ3) is 2.99. The molecule has 1 aromatic rings. The van der Waals surface area contributed by atoms with Gasteiger partial charge in [-0.05, 0) is 57.0 Å². The molecule has 0 bridgehead atoms. The van der Waals surface area contributed by atoms with Crippen molar-refractivity contribution < 1.29 is 0 Å². The van der Waals surface area contributed by atoms with Gasteiger partial charge in [0, 0.05) is 11.7 Å². The number of nitrogen functional groups attached to an aromatic ring is 1. The second-order valence-electron chi connectivity index (χ2n) is 4.91. The summed E-state index contributed by atoms with van der Waals surface area (Å²) in [6.45, 7) is 1.22. The Morgan fingerprint density at radius 1 is 1.25 bits per heavy atom. The van der Waals surface area contributed by atoms with Gasteiger partial charge in [0.25, 0.3) is 0 Å². The standard InChI is InChI=1S/C14H22N2/c1-16(14-5-2-6-14)11-3-4-12-7-9-13(15)10-8-12/h7-10,14H,2-6,11,15H2,1H3. The molecule has 0 heterocycles. The average molecular weight is 218 g/mol. The lowest BCUT2D eigenvalue weighted by Gasteiger charge is -2.34. The first-order valence-electron chi connectivity index (χ1n) is 6.30. The van der Waals surface area contributed by atoms with Gasteiger partial charge in [0.15, 0.2) is 0 Å². The van der Waals surface area contributed by atoms with Gasteiger partial charge in [-0.25, -0.2) is 0 Å². The van der Waals surface area contributed by atoms with Crippen molar-refractivity contribution >= 4 is 5.69 Å². The second kappa shape index (κ2) is 5.35. The summed E-state index contributed by atoms with van der Waals surface area (Å²) in [5.74, 6) is 0. The van der Waals surface area contributed by atoms with Crippen LogP contribution in [-0.4, -0.2) is 24.5 Å². The molecule has 0 unspecified atom stereocenters. The van der Waals surface area contributed by atoms with Crippen molar-refractivity contribution in [2.75, 3.05) is 19.3 Å². The van der Waals surface area contributed by atoms with Gasteiger partial charge >= 0.3 is 0 Å². The van der Waals surface area contributed by atoms with Crippen molar-refractivity contribution in [3.63, 3.8) is 0 Å². The molecule has 0 atom stereocenters. The highest BCUT2D eigenvalue weighted by atomic mass is 15.1. The van der Waals surface area contributed by atoms with Crippen LogP contribution < -0.4 is 5.73 Å². The van der Waals surface area contributed by atoms with Crippen molar-refractivity contribution in [3.05, 3.63) is 29.8 Å². The normalized spacial score (nSPS) is 16.4. The third-order valence-electron chi connectivity index (χ3n) is 3.65. The monoisotopic (exact) mass is 218 g/mol. The van der Waals surface area contributed by atoms with Gasteiger partial charge in [-0.2, -0.15) is 0 Å². The maximum atomic E-state index is 5.66. The minimum Gasteiger partial charge on any atom is -0.399 e. The first-order valence-corrected chi connectivity index (χ1v) is 6.30. The summed E-state index contributed by atoms with van der Waals surface area (Å²) in [5.41, 5.74) is 7.92. The van der Waals surface area contributed by atoms with Crippen LogP contribution in [0.2, 0.25) is 0 Å². The molecule has 0 saturated heterocycles. The summed E-state index contributed by atoms with van der Waals surface area (Å²) in [6.07, 6.45) is 6.64. The van der Waals surface area contributed by atoms with E-state index in [-0.39, 0.29) is 0 Å². The Kier molecular flexibility index (Phi) is 3.83. The van der Waals surface area contributed by atoms with E-state index >= 15 is 0 Å². The zero-order valence-corrected chi connectivity index (χ0v) is 10.2. The molecule has 1 aliphatic rings. The molecular formula is C14H22N2. The summed E-state index contributed by atoms with van der Waals surface area (Å²) in [7, 11) is 2.26. The van der Waals surface area contributed by atoms with Crippen LogP contribution in [0, 0.1) is 0 Å². The van der Waals surface area contributed by atoms with E-state index in [1.54, 1.807) is 0 Å². The minimum absolute atomic E-state index is 0.857. The van der Waals surface area contributed by atoms with Crippen LogP contribution in [0.4, 0.5) is 5.69 Å². The predicted octanol–water partition coefficient (Wildman–Crippen LogP) is 2.69. The molecular weight excluding hydrogens is 196 g/mol. The number of benzene rings is 1. The fraction of sp³-hybridized carbons (Fsp3) is 0.571. The molecule has 1 fully saturated rings. The van der Waals surface area contributed by atoms with E-state index in [0.717, 1.165) is 18.2 Å². The smallest absolute Gasteiger partial charge is 0.0314 e. The molecule has 0 radical (unpaired) electrons. The average Bonchev–Trinajstić information content (AvgIpc) is 2.18. The van der Waals surface area contributed by atoms with Crippen LogP contribution in [0.1, 0.15) is 31.2 Å². The van der Waals surface area contributed by atoms with Gasteiger partial charge in [0.05, 0.1) is 0 Å². The topological polar surface area (TPSA) is 29.3 Å². The van der Waals surface area contributed by atoms with Gasteiger partial charge in [-0.15, -0.1) is 0 Å². The van der Waals surface area contributed by atoms with Gasteiger partial charge in [0.2, 0.25) is 0 Å². The molecule has 1 saturated carbocycles. The summed E-state index contributed by atoms with van der Waals surface area (Å²) in [4.78, 5) is 2.51. The van der Waals surface area contributed by atoms with Crippen LogP contribution in [0.25, 0.3) is 0 Å². The van der Waals surface area contributed by atoms with Crippen LogP contribution in [0.15, 0.2) is 24.3 Å². The van der Waals surface area contributed by atoms with E-state index in [2.05, 4.69) is 24.1 Å². The fourth-order valence-electron chi connectivity index (χ4n) is 2.23. The molecule has 2 nitrogen and oxygen atoms in total. The van der Waals surface area contributed by atoms with Crippen molar-refractivity contribution in [2.24, 2.45) is 0 Å². The number of nitrogens with zero attached hydrogens (tertiary/aromatic N) is 1. The lowest BCUT2D eigenvalue weighted by Crippen LogP contribution is -2.37. The van der Waals surface area contributed by atoms with Gasteiger partial charge in [0.1, 0.15) is 0 Å². The maximum absolute atomic E-state index is 5.66. The Labute approximate surface area is 98.4 Å². The molecule has 2 heteroatoms. The molecule has 0 aromatic heterocycles. The highest BCUT2D eigenvalue weighted by Gasteiger charge is 2.20. The van der Waals surface area contributed by atoms with Crippen LogP contribution in [0.5, 0.6) is 0 Å². The Morgan fingerprint density at radius 3 is 2.50 bits per heavy atom. The van der Waals surface area contributed by atoms with Crippen LogP contribution in [-0.2, 0) is 6.42 Å². The number of aryl methyl sites for hydroxylation is 1. The third-order valence-corrected chi connectivity index (χ3v) is 3.65. The van der Waals surface area contributed by atoms with Crippen LogP contribution in [0.3, 0.4) is 0 Å². The van der Waals surface area contributed by atoms with Gasteiger partial charge in [-0.3, -0.25) is 0 Å². The van der Waals surface area contributed by atoms with E-state index in [0.29, 0.717) is 0 Å². The molecule has 16 heavy (non-hydrogen) atoms. The Balaban J connectivity index is 1.69. The van der Waals surface area contributed by atoms with Gasteiger partial charge in [-0.1, -0.05) is 18.6 Å². The Morgan fingerprint density at radius 2 is 1.94 bits per heavy atom. The number of anilines is 1. The number of rotatable bonds is 5. The first kappa shape index (κ1) is 11.5. The van der Waals surface area contributed by atoms with E-state index in [9.17, 15) is 0 Å². The molecule has 1 aromatic carbocycles. The van der Waals surface area contributed by atoms with Crippen molar-refractivity contribution in [1.29, 1.82) is 0 Å². The lowest BCUT2D eigenvalue weighted by molar-refractivity contribution is 0.158.